The van der Waals surface area contributed by atoms with Crippen molar-refractivity contribution in [3.05, 3.63) is 29.3 Å². The number of carbonyl (C=O) groups is 1. The van der Waals surface area contributed by atoms with Crippen LogP contribution in [-0.4, -0.2) is 29.9 Å². The molecule has 0 atom stereocenters. The second-order valence-electron chi connectivity index (χ2n) is 5.49. The summed E-state index contributed by atoms with van der Waals surface area (Å²) < 4.78 is 0. The van der Waals surface area contributed by atoms with E-state index in [1.165, 1.54) is 11.8 Å². The zero-order valence-corrected chi connectivity index (χ0v) is 13.6. The summed E-state index contributed by atoms with van der Waals surface area (Å²) in [4.78, 5) is 12.6. The van der Waals surface area contributed by atoms with E-state index in [0.29, 0.717) is 17.3 Å². The van der Waals surface area contributed by atoms with Crippen LogP contribution in [0.25, 0.3) is 0 Å². The van der Waals surface area contributed by atoms with Gasteiger partial charge in [-0.3, -0.25) is 4.79 Å². The lowest BCUT2D eigenvalue weighted by Gasteiger charge is -2.21. The Labute approximate surface area is 130 Å². The average molecular weight is 316 g/mol. The van der Waals surface area contributed by atoms with Gasteiger partial charge in [0.1, 0.15) is 0 Å². The van der Waals surface area contributed by atoms with E-state index in [1.807, 2.05) is 38.1 Å². The van der Waals surface area contributed by atoms with Gasteiger partial charge in [-0.05, 0) is 30.4 Å². The first-order valence-electron chi connectivity index (χ1n) is 6.69. The number of thioether (sulfide) groups is 1. The molecule has 5 heteroatoms. The molecule has 3 nitrogen and oxygen atoms in total. The van der Waals surface area contributed by atoms with E-state index < -0.39 is 0 Å². The summed E-state index contributed by atoms with van der Waals surface area (Å²) in [6.45, 7) is 4.85. The monoisotopic (exact) mass is 315 g/mol. The molecule has 0 aliphatic rings. The van der Waals surface area contributed by atoms with Gasteiger partial charge in [0, 0.05) is 18.0 Å². The minimum atomic E-state index is -0.0724. The number of aliphatic hydroxyl groups excluding tert-OH is 1. The molecule has 0 bridgehead atoms. The summed E-state index contributed by atoms with van der Waals surface area (Å²) in [6, 6.07) is 7.50. The first-order valence-corrected chi connectivity index (χ1v) is 8.06. The van der Waals surface area contributed by atoms with Crippen molar-refractivity contribution < 1.29 is 9.90 Å². The molecule has 1 amide bonds. The highest BCUT2D eigenvalue weighted by Crippen LogP contribution is 2.26. The van der Waals surface area contributed by atoms with Crippen LogP contribution in [0.5, 0.6) is 0 Å². The van der Waals surface area contributed by atoms with Gasteiger partial charge in [-0.25, -0.2) is 0 Å². The van der Waals surface area contributed by atoms with Crippen LogP contribution in [0.3, 0.4) is 0 Å². The molecule has 0 radical (unpaired) electrons. The molecule has 1 aromatic carbocycles. The molecule has 0 spiro atoms. The summed E-state index contributed by atoms with van der Waals surface area (Å²) in [5, 5.41) is 12.7. The number of carbonyl (C=O) groups excluding carboxylic acids is 1. The van der Waals surface area contributed by atoms with Crippen molar-refractivity contribution in [1.82, 2.24) is 5.32 Å². The first-order chi connectivity index (χ1) is 9.44. The standard InChI is InChI=1S/C15H22ClNO2S/c1-15(2,11-18)8-5-9-17-14(19)10-20-13-7-4-3-6-12(13)16/h3-4,6-7,18H,5,8-11H2,1-2H3,(H,17,19). The Bertz CT molecular complexity index is 438. The summed E-state index contributed by atoms with van der Waals surface area (Å²) in [6.07, 6.45) is 1.76. The largest absolute Gasteiger partial charge is 0.396 e. The lowest BCUT2D eigenvalue weighted by atomic mass is 9.89. The second-order valence-corrected chi connectivity index (χ2v) is 6.92. The van der Waals surface area contributed by atoms with Crippen molar-refractivity contribution in [2.24, 2.45) is 5.41 Å². The molecule has 0 aliphatic carbocycles. The normalized spacial score (nSPS) is 11.4. The van der Waals surface area contributed by atoms with Crippen molar-refractivity contribution in [3.8, 4) is 0 Å². The van der Waals surface area contributed by atoms with Gasteiger partial charge in [-0.2, -0.15) is 0 Å². The van der Waals surface area contributed by atoms with E-state index in [-0.39, 0.29) is 17.9 Å². The van der Waals surface area contributed by atoms with E-state index in [4.69, 9.17) is 16.7 Å². The minimum absolute atomic E-state index is 0.0109. The van der Waals surface area contributed by atoms with Crippen LogP contribution in [-0.2, 0) is 4.79 Å². The van der Waals surface area contributed by atoms with Crippen LogP contribution in [0.1, 0.15) is 26.7 Å². The third kappa shape index (κ3) is 6.64. The van der Waals surface area contributed by atoms with Crippen LogP contribution in [0.2, 0.25) is 5.02 Å². The topological polar surface area (TPSA) is 49.3 Å². The van der Waals surface area contributed by atoms with Crippen LogP contribution < -0.4 is 5.32 Å². The number of hydrogen-bond acceptors (Lipinski definition) is 3. The third-order valence-electron chi connectivity index (χ3n) is 2.98. The third-order valence-corrected chi connectivity index (χ3v) is 4.49. The van der Waals surface area contributed by atoms with E-state index in [1.54, 1.807) is 0 Å². The minimum Gasteiger partial charge on any atom is -0.396 e. The van der Waals surface area contributed by atoms with Gasteiger partial charge in [0.05, 0.1) is 10.8 Å². The smallest absolute Gasteiger partial charge is 0.230 e. The number of benzene rings is 1. The zero-order valence-electron chi connectivity index (χ0n) is 12.0. The van der Waals surface area contributed by atoms with Crippen LogP contribution in [0, 0.1) is 5.41 Å². The Balaban J connectivity index is 2.20. The van der Waals surface area contributed by atoms with Crippen molar-refractivity contribution in [2.75, 3.05) is 18.9 Å². The summed E-state index contributed by atoms with van der Waals surface area (Å²) >= 11 is 7.46. The van der Waals surface area contributed by atoms with Gasteiger partial charge in [-0.1, -0.05) is 37.6 Å². The van der Waals surface area contributed by atoms with E-state index in [9.17, 15) is 4.79 Å². The molecule has 1 rings (SSSR count). The van der Waals surface area contributed by atoms with Crippen LogP contribution in [0.15, 0.2) is 29.2 Å². The molecule has 112 valence electrons. The summed E-state index contributed by atoms with van der Waals surface area (Å²) in [5.74, 6) is 0.379. The number of halogens is 1. The molecule has 0 saturated heterocycles. The van der Waals surface area contributed by atoms with Crippen molar-refractivity contribution >= 4 is 29.3 Å². The van der Waals surface area contributed by atoms with Gasteiger partial charge in [0.15, 0.2) is 0 Å². The molecule has 0 saturated carbocycles. The van der Waals surface area contributed by atoms with Crippen LogP contribution >= 0.6 is 23.4 Å². The molecule has 0 fully saturated rings. The molecule has 0 aliphatic heterocycles. The fourth-order valence-electron chi connectivity index (χ4n) is 1.63. The lowest BCUT2D eigenvalue weighted by Crippen LogP contribution is -2.27. The highest BCUT2D eigenvalue weighted by atomic mass is 35.5. The molecule has 2 N–H and O–H groups in total. The maximum Gasteiger partial charge on any atom is 0.230 e. The van der Waals surface area contributed by atoms with E-state index in [2.05, 4.69) is 5.32 Å². The Morgan fingerprint density at radius 3 is 2.75 bits per heavy atom. The molecular weight excluding hydrogens is 294 g/mol. The Hall–Kier alpha value is -0.710. The molecule has 1 aromatic rings. The zero-order chi connectivity index (χ0) is 15.0. The Kier molecular flexibility index (Phi) is 7.41. The maximum absolute atomic E-state index is 11.7. The lowest BCUT2D eigenvalue weighted by molar-refractivity contribution is -0.118. The fraction of sp³-hybridized carbons (Fsp3) is 0.533. The van der Waals surface area contributed by atoms with Crippen LogP contribution in [0.4, 0.5) is 0 Å². The van der Waals surface area contributed by atoms with Gasteiger partial charge in [0.2, 0.25) is 5.91 Å². The second kappa shape index (κ2) is 8.55. The number of aliphatic hydroxyl groups is 1. The van der Waals surface area contributed by atoms with E-state index >= 15 is 0 Å². The van der Waals surface area contributed by atoms with Gasteiger partial charge < -0.3 is 10.4 Å². The van der Waals surface area contributed by atoms with Crippen molar-refractivity contribution in [1.29, 1.82) is 0 Å². The first kappa shape index (κ1) is 17.3. The van der Waals surface area contributed by atoms with Gasteiger partial charge in [0.25, 0.3) is 0 Å². The molecule has 0 heterocycles. The predicted octanol–water partition coefficient (Wildman–Crippen LogP) is 3.35. The highest BCUT2D eigenvalue weighted by Gasteiger charge is 2.15. The summed E-state index contributed by atoms with van der Waals surface area (Å²) in [7, 11) is 0. The molecular formula is C15H22ClNO2S. The summed E-state index contributed by atoms with van der Waals surface area (Å²) in [5.41, 5.74) is -0.0724. The average Bonchev–Trinajstić information content (AvgIpc) is 2.43. The maximum atomic E-state index is 11.7. The SMILES string of the molecule is CC(C)(CO)CCCNC(=O)CSc1ccccc1Cl. The Morgan fingerprint density at radius 2 is 2.10 bits per heavy atom. The predicted molar refractivity (Wildman–Crippen MR) is 85.3 cm³/mol. The molecule has 0 unspecified atom stereocenters. The number of rotatable bonds is 8. The van der Waals surface area contributed by atoms with Crippen molar-refractivity contribution in [3.63, 3.8) is 0 Å². The molecule has 20 heavy (non-hydrogen) atoms. The Morgan fingerprint density at radius 1 is 1.40 bits per heavy atom. The van der Waals surface area contributed by atoms with E-state index in [0.717, 1.165) is 17.7 Å². The van der Waals surface area contributed by atoms with Crippen molar-refractivity contribution in [2.45, 2.75) is 31.6 Å². The van der Waals surface area contributed by atoms with Gasteiger partial charge in [-0.15, -0.1) is 11.8 Å². The van der Waals surface area contributed by atoms with Gasteiger partial charge >= 0.3 is 0 Å². The fourth-order valence-corrected chi connectivity index (χ4v) is 2.70. The molecule has 0 aromatic heterocycles. The quantitative estimate of drug-likeness (QED) is 0.571. The highest BCUT2D eigenvalue weighted by molar-refractivity contribution is 8.00. The number of nitrogens with one attached hydrogen (secondary N) is 1. The number of amides is 1. The number of hydrogen-bond donors (Lipinski definition) is 2.